The average Bonchev–Trinajstić information content (AvgIpc) is 2.69. The highest BCUT2D eigenvalue weighted by molar-refractivity contribution is 7.12. The van der Waals surface area contributed by atoms with Gasteiger partial charge in [-0.3, -0.25) is 0 Å². The molecule has 0 amide bonds. The van der Waals surface area contributed by atoms with Crippen LogP contribution in [-0.2, 0) is 12.8 Å². The van der Waals surface area contributed by atoms with Crippen molar-refractivity contribution in [2.24, 2.45) is 0 Å². The van der Waals surface area contributed by atoms with E-state index in [4.69, 9.17) is 0 Å². The molecule has 0 aromatic carbocycles. The van der Waals surface area contributed by atoms with E-state index in [9.17, 15) is 5.11 Å². The Bertz CT molecular complexity index is 293. The highest BCUT2D eigenvalue weighted by Crippen LogP contribution is 2.34. The van der Waals surface area contributed by atoms with E-state index in [0.717, 1.165) is 12.8 Å². The van der Waals surface area contributed by atoms with E-state index in [1.165, 1.54) is 47.4 Å². The molecule has 0 bridgehead atoms. The second-order valence-corrected chi connectivity index (χ2v) is 5.63. The number of aliphatic hydroxyl groups is 1. The Morgan fingerprint density at radius 2 is 2.20 bits per heavy atom. The van der Waals surface area contributed by atoms with Crippen molar-refractivity contribution >= 4 is 11.3 Å². The van der Waals surface area contributed by atoms with Crippen LogP contribution in [0.2, 0.25) is 0 Å². The summed E-state index contributed by atoms with van der Waals surface area (Å²) in [6, 6.07) is 2.25. The molecule has 2 heteroatoms. The van der Waals surface area contributed by atoms with Crippen LogP contribution in [0.3, 0.4) is 0 Å². The zero-order valence-corrected chi connectivity index (χ0v) is 10.3. The van der Waals surface area contributed by atoms with E-state index in [0.29, 0.717) is 0 Å². The van der Waals surface area contributed by atoms with Crippen LogP contribution in [0.1, 0.15) is 60.4 Å². The van der Waals surface area contributed by atoms with Crippen LogP contribution in [0.5, 0.6) is 0 Å². The fourth-order valence-electron chi connectivity index (χ4n) is 2.22. The molecular weight excluding hydrogens is 204 g/mol. The zero-order chi connectivity index (χ0) is 10.7. The average molecular weight is 224 g/mol. The normalized spacial score (nSPS) is 17.5. The summed E-state index contributed by atoms with van der Waals surface area (Å²) in [6.07, 6.45) is 8.14. The predicted octanol–water partition coefficient (Wildman–Crippen LogP) is 3.85. The molecular formula is C13H20OS. The topological polar surface area (TPSA) is 20.2 Å². The van der Waals surface area contributed by atoms with Gasteiger partial charge < -0.3 is 5.11 Å². The van der Waals surface area contributed by atoms with Crippen LogP contribution in [0.25, 0.3) is 0 Å². The second kappa shape index (κ2) is 5.13. The van der Waals surface area contributed by atoms with Crippen LogP contribution in [0.4, 0.5) is 0 Å². The first-order valence-electron chi connectivity index (χ1n) is 6.10. The summed E-state index contributed by atoms with van der Waals surface area (Å²) in [5, 5.41) is 10.0. The summed E-state index contributed by atoms with van der Waals surface area (Å²) in [6.45, 7) is 2.17. The molecule has 1 unspecified atom stereocenters. The smallest absolute Gasteiger partial charge is 0.0882 e. The first kappa shape index (κ1) is 11.2. The molecule has 1 aromatic heterocycles. The molecule has 2 rings (SSSR count). The molecule has 0 fully saturated rings. The first-order chi connectivity index (χ1) is 7.31. The Morgan fingerprint density at radius 1 is 1.40 bits per heavy atom. The molecule has 1 aromatic rings. The quantitative estimate of drug-likeness (QED) is 0.823. The van der Waals surface area contributed by atoms with Crippen molar-refractivity contribution in [2.45, 2.75) is 58.0 Å². The van der Waals surface area contributed by atoms with Gasteiger partial charge in [-0.1, -0.05) is 19.8 Å². The van der Waals surface area contributed by atoms with Crippen molar-refractivity contribution in [1.29, 1.82) is 0 Å². The summed E-state index contributed by atoms with van der Waals surface area (Å²) < 4.78 is 0. The van der Waals surface area contributed by atoms with Gasteiger partial charge in [-0.25, -0.2) is 0 Å². The van der Waals surface area contributed by atoms with Crippen LogP contribution in [0.15, 0.2) is 6.07 Å². The van der Waals surface area contributed by atoms with Gasteiger partial charge in [-0.05, 0) is 43.7 Å². The maximum Gasteiger partial charge on any atom is 0.0882 e. The third-order valence-corrected chi connectivity index (χ3v) is 4.51. The largest absolute Gasteiger partial charge is 0.388 e. The highest BCUT2D eigenvalue weighted by atomic mass is 32.1. The van der Waals surface area contributed by atoms with Crippen LogP contribution in [-0.4, -0.2) is 5.11 Å². The number of rotatable bonds is 4. The molecule has 0 aliphatic heterocycles. The Labute approximate surface area is 96.1 Å². The number of hydrogen-bond donors (Lipinski definition) is 1. The molecule has 0 saturated heterocycles. The number of aryl methyl sites for hydroxylation is 2. The lowest BCUT2D eigenvalue weighted by Crippen LogP contribution is -1.96. The van der Waals surface area contributed by atoms with Gasteiger partial charge in [0, 0.05) is 9.75 Å². The third kappa shape index (κ3) is 2.61. The first-order valence-corrected chi connectivity index (χ1v) is 6.92. The lowest BCUT2D eigenvalue weighted by Gasteiger charge is -2.08. The van der Waals surface area contributed by atoms with E-state index in [1.54, 1.807) is 0 Å². The fourth-order valence-corrected chi connectivity index (χ4v) is 3.50. The van der Waals surface area contributed by atoms with Gasteiger partial charge in [0.05, 0.1) is 6.10 Å². The van der Waals surface area contributed by atoms with Gasteiger partial charge in [0.15, 0.2) is 0 Å². The number of unbranched alkanes of at least 4 members (excludes halogenated alkanes) is 1. The van der Waals surface area contributed by atoms with Crippen molar-refractivity contribution in [3.63, 3.8) is 0 Å². The summed E-state index contributed by atoms with van der Waals surface area (Å²) in [7, 11) is 0. The maximum atomic E-state index is 10.0. The minimum absolute atomic E-state index is 0.208. The van der Waals surface area contributed by atoms with Gasteiger partial charge >= 0.3 is 0 Å². The molecule has 1 aliphatic carbocycles. The standard InChI is InChI=1S/C13H20OS/c1-2-3-7-11(14)13-9-10-6-4-5-8-12(10)15-13/h9,11,14H,2-8H2,1H3. The number of aliphatic hydroxyl groups excluding tert-OH is 1. The molecule has 1 N–H and O–H groups in total. The maximum absolute atomic E-state index is 10.0. The predicted molar refractivity (Wildman–Crippen MR) is 65.4 cm³/mol. The van der Waals surface area contributed by atoms with Gasteiger partial charge in [-0.2, -0.15) is 0 Å². The molecule has 1 aliphatic rings. The molecule has 15 heavy (non-hydrogen) atoms. The number of hydrogen-bond acceptors (Lipinski definition) is 2. The van der Waals surface area contributed by atoms with Gasteiger partial charge in [0.2, 0.25) is 0 Å². The summed E-state index contributed by atoms with van der Waals surface area (Å²) >= 11 is 1.84. The van der Waals surface area contributed by atoms with Crippen molar-refractivity contribution in [1.82, 2.24) is 0 Å². The SMILES string of the molecule is CCCCC(O)c1cc2c(s1)CCCC2. The molecule has 1 atom stereocenters. The molecule has 0 saturated carbocycles. The zero-order valence-electron chi connectivity index (χ0n) is 9.46. The van der Waals surface area contributed by atoms with Crippen molar-refractivity contribution < 1.29 is 5.11 Å². The molecule has 1 nitrogen and oxygen atoms in total. The molecule has 84 valence electrons. The van der Waals surface area contributed by atoms with E-state index in [1.807, 2.05) is 11.3 Å². The Balaban J connectivity index is 2.05. The monoisotopic (exact) mass is 224 g/mol. The number of thiophene rings is 1. The van der Waals surface area contributed by atoms with Crippen molar-refractivity contribution in [3.8, 4) is 0 Å². The minimum Gasteiger partial charge on any atom is -0.388 e. The van der Waals surface area contributed by atoms with Crippen LogP contribution in [0, 0.1) is 0 Å². The minimum atomic E-state index is -0.208. The van der Waals surface area contributed by atoms with E-state index < -0.39 is 0 Å². The summed E-state index contributed by atoms with van der Waals surface area (Å²) in [5.41, 5.74) is 1.51. The molecule has 0 radical (unpaired) electrons. The Hall–Kier alpha value is -0.340. The summed E-state index contributed by atoms with van der Waals surface area (Å²) in [4.78, 5) is 2.74. The van der Waals surface area contributed by atoms with Crippen LogP contribution >= 0.6 is 11.3 Å². The molecule has 0 spiro atoms. The number of fused-ring (bicyclic) bond motifs is 1. The Morgan fingerprint density at radius 3 is 2.93 bits per heavy atom. The highest BCUT2D eigenvalue weighted by Gasteiger charge is 2.16. The summed E-state index contributed by atoms with van der Waals surface area (Å²) in [5.74, 6) is 0. The van der Waals surface area contributed by atoms with E-state index >= 15 is 0 Å². The lowest BCUT2D eigenvalue weighted by molar-refractivity contribution is 0.168. The Kier molecular flexibility index (Phi) is 3.81. The second-order valence-electron chi connectivity index (χ2n) is 4.46. The van der Waals surface area contributed by atoms with E-state index in [-0.39, 0.29) is 6.10 Å². The van der Waals surface area contributed by atoms with Gasteiger partial charge in [0.1, 0.15) is 0 Å². The van der Waals surface area contributed by atoms with Crippen LogP contribution < -0.4 is 0 Å². The van der Waals surface area contributed by atoms with Crippen molar-refractivity contribution in [3.05, 3.63) is 21.4 Å². The van der Waals surface area contributed by atoms with E-state index in [2.05, 4.69) is 13.0 Å². The fraction of sp³-hybridized carbons (Fsp3) is 0.692. The van der Waals surface area contributed by atoms with Gasteiger partial charge in [-0.15, -0.1) is 11.3 Å². The molecule has 1 heterocycles. The lowest BCUT2D eigenvalue weighted by atomic mass is 9.98. The van der Waals surface area contributed by atoms with Crippen molar-refractivity contribution in [2.75, 3.05) is 0 Å². The third-order valence-electron chi connectivity index (χ3n) is 3.18. The van der Waals surface area contributed by atoms with Gasteiger partial charge in [0.25, 0.3) is 0 Å².